The molecule has 48 valence electrons. The molecule has 0 aliphatic rings. The number of rotatable bonds is 4. The minimum absolute atomic E-state index is 0. The van der Waals surface area contributed by atoms with E-state index in [0.717, 1.165) is 25.9 Å². The Labute approximate surface area is 73.3 Å². The molecule has 0 aromatic heterocycles. The maximum Gasteiger partial charge on any atom is 1.00 e. The fourth-order valence-electron chi connectivity index (χ4n) is 0.686. The maximum atomic E-state index is 5.53. The molecule has 0 saturated carbocycles. The van der Waals surface area contributed by atoms with Crippen LogP contribution in [0, 0.1) is 0 Å². The summed E-state index contributed by atoms with van der Waals surface area (Å²) in [4.78, 5) is 1.86. The zero-order chi connectivity index (χ0) is 6.41. The molecule has 0 spiro atoms. The van der Waals surface area contributed by atoms with Gasteiger partial charge in [-0.2, -0.15) is 0 Å². The molecular weight excluding hydrogens is 104 g/mol. The maximum absolute atomic E-state index is 5.53. The van der Waals surface area contributed by atoms with Crippen LogP contribution in [0.1, 0.15) is 28.1 Å². The molecule has 0 amide bonds. The average Bonchev–Trinajstić information content (AvgIpc) is 1.68. The van der Waals surface area contributed by atoms with Crippen molar-refractivity contribution in [3.63, 3.8) is 0 Å². The van der Waals surface area contributed by atoms with E-state index in [1.807, 2.05) is 4.81 Å². The van der Waals surface area contributed by atoms with Crippen molar-refractivity contribution < 1.29 is 20.3 Å². The molecule has 9 heavy (non-hydrogen) atoms. The molecule has 1 nitrogen and oxygen atoms in total. The van der Waals surface area contributed by atoms with Gasteiger partial charge in [-0.25, -0.2) is 0 Å². The summed E-state index contributed by atoms with van der Waals surface area (Å²) in [6.45, 7) is 6.31. The molecule has 0 fully saturated rings. The van der Waals surface area contributed by atoms with E-state index < -0.39 is 0 Å². The Morgan fingerprint density at radius 3 is 1.78 bits per heavy atom. The molecule has 0 unspecified atom stereocenters. The summed E-state index contributed by atoms with van der Waals surface area (Å²) in [5.74, 6) is 0. The van der Waals surface area contributed by atoms with Crippen molar-refractivity contribution in [2.75, 3.05) is 13.1 Å². The summed E-state index contributed by atoms with van der Waals surface area (Å²) in [6, 6.07) is 0. The van der Waals surface area contributed by atoms with Gasteiger partial charge in [0.25, 0.3) is 0 Å². The van der Waals surface area contributed by atoms with Crippen LogP contribution in [-0.2, 0) is 0 Å². The van der Waals surface area contributed by atoms with Gasteiger partial charge < -0.3 is 6.24 Å². The molecule has 0 aromatic rings. The summed E-state index contributed by atoms with van der Waals surface area (Å²) < 4.78 is 0. The van der Waals surface area contributed by atoms with Gasteiger partial charge in [0.15, 0.2) is 7.98 Å². The summed E-state index contributed by atoms with van der Waals surface area (Å²) in [5.41, 5.74) is 0. The van der Waals surface area contributed by atoms with Gasteiger partial charge in [-0.15, -0.1) is 0 Å². The molecule has 0 aromatic carbocycles. The molecule has 0 heterocycles. The first-order chi connectivity index (χ1) is 3.81. The van der Waals surface area contributed by atoms with Gasteiger partial charge in [-0.05, 0) is 25.9 Å². The summed E-state index contributed by atoms with van der Waals surface area (Å²) >= 11 is 0. The molecule has 3 heteroatoms. The Kier molecular flexibility index (Phi) is 11.8. The van der Waals surface area contributed by atoms with E-state index in [1.165, 1.54) is 0 Å². The standard InChI is InChI=1S/C6H14BN.Li.H/c1-3-5-8(7)6-4-2;;/h3-6H2,1-2H3;;/q;+1;-1. The van der Waals surface area contributed by atoms with E-state index >= 15 is 0 Å². The molecule has 0 saturated heterocycles. The summed E-state index contributed by atoms with van der Waals surface area (Å²) in [5, 5.41) is 0. The summed E-state index contributed by atoms with van der Waals surface area (Å²) in [6.07, 6.45) is 2.30. The first kappa shape index (κ1) is 12.3. The van der Waals surface area contributed by atoms with Crippen molar-refractivity contribution in [2.45, 2.75) is 26.7 Å². The third-order valence-electron chi connectivity index (χ3n) is 1.02. The first-order valence-electron chi connectivity index (χ1n) is 3.30. The van der Waals surface area contributed by atoms with Crippen molar-refractivity contribution in [1.29, 1.82) is 0 Å². The second-order valence-corrected chi connectivity index (χ2v) is 2.04. The Morgan fingerprint density at radius 2 is 1.56 bits per heavy atom. The van der Waals surface area contributed by atoms with Gasteiger partial charge in [0.1, 0.15) is 0 Å². The molecule has 0 N–H and O–H groups in total. The van der Waals surface area contributed by atoms with Crippen molar-refractivity contribution in [1.82, 2.24) is 4.81 Å². The van der Waals surface area contributed by atoms with Gasteiger partial charge in [-0.1, -0.05) is 13.8 Å². The first-order valence-corrected chi connectivity index (χ1v) is 3.30. The van der Waals surface area contributed by atoms with E-state index in [2.05, 4.69) is 13.8 Å². The van der Waals surface area contributed by atoms with Crippen LogP contribution in [0.5, 0.6) is 0 Å². The molecule has 0 rings (SSSR count). The van der Waals surface area contributed by atoms with Gasteiger partial charge in [0.05, 0.1) is 0 Å². The normalized spacial score (nSPS) is 9.22. The van der Waals surface area contributed by atoms with Crippen LogP contribution in [0.4, 0.5) is 0 Å². The summed E-state index contributed by atoms with van der Waals surface area (Å²) in [7, 11) is 5.53. The topological polar surface area (TPSA) is 3.24 Å². The third-order valence-corrected chi connectivity index (χ3v) is 1.02. The quantitative estimate of drug-likeness (QED) is 0.399. The van der Waals surface area contributed by atoms with E-state index in [-0.39, 0.29) is 20.3 Å². The molecular formula is C6H15BLiN. The van der Waals surface area contributed by atoms with E-state index in [4.69, 9.17) is 7.98 Å². The van der Waals surface area contributed by atoms with Crippen molar-refractivity contribution in [3.8, 4) is 0 Å². The monoisotopic (exact) mass is 119 g/mol. The number of hydrogen-bond acceptors (Lipinski definition) is 1. The molecule has 0 bridgehead atoms. The molecule has 2 radical (unpaired) electrons. The SMILES string of the molecule is [B]N(CCC)CCC.[H-].[Li+]. The van der Waals surface area contributed by atoms with Gasteiger partial charge in [0, 0.05) is 0 Å². The fourth-order valence-corrected chi connectivity index (χ4v) is 0.686. The van der Waals surface area contributed by atoms with Crippen molar-refractivity contribution >= 4 is 7.98 Å². The van der Waals surface area contributed by atoms with Crippen LogP contribution in [0.15, 0.2) is 0 Å². The van der Waals surface area contributed by atoms with Crippen molar-refractivity contribution in [2.24, 2.45) is 0 Å². The largest absolute Gasteiger partial charge is 1.00 e. The minimum atomic E-state index is 0. The Bertz CT molecular complexity index is 51.0. The van der Waals surface area contributed by atoms with Crippen LogP contribution in [-0.4, -0.2) is 25.9 Å². The predicted molar refractivity (Wildman–Crippen MR) is 39.0 cm³/mol. The van der Waals surface area contributed by atoms with Crippen LogP contribution < -0.4 is 18.9 Å². The van der Waals surface area contributed by atoms with Crippen LogP contribution in [0.25, 0.3) is 0 Å². The second-order valence-electron chi connectivity index (χ2n) is 2.04. The van der Waals surface area contributed by atoms with Crippen molar-refractivity contribution in [3.05, 3.63) is 0 Å². The number of hydrogen-bond donors (Lipinski definition) is 0. The van der Waals surface area contributed by atoms with Crippen LogP contribution in [0.3, 0.4) is 0 Å². The molecule has 0 aliphatic carbocycles. The zero-order valence-electron chi connectivity index (χ0n) is 7.85. The average molecular weight is 119 g/mol. The van der Waals surface area contributed by atoms with Gasteiger partial charge >= 0.3 is 18.9 Å². The third kappa shape index (κ3) is 8.62. The van der Waals surface area contributed by atoms with Gasteiger partial charge in [-0.3, -0.25) is 0 Å². The minimum Gasteiger partial charge on any atom is -1.00 e. The Balaban J connectivity index is -0.000000245. The fraction of sp³-hybridized carbons (Fsp3) is 1.00. The Morgan fingerprint density at radius 1 is 1.22 bits per heavy atom. The van der Waals surface area contributed by atoms with Gasteiger partial charge in [0.2, 0.25) is 0 Å². The van der Waals surface area contributed by atoms with Crippen LogP contribution >= 0.6 is 0 Å². The van der Waals surface area contributed by atoms with E-state index in [1.54, 1.807) is 0 Å². The predicted octanol–water partition coefficient (Wildman–Crippen LogP) is -1.69. The molecule has 0 aliphatic heterocycles. The van der Waals surface area contributed by atoms with E-state index in [9.17, 15) is 0 Å². The zero-order valence-corrected chi connectivity index (χ0v) is 6.85. The van der Waals surface area contributed by atoms with E-state index in [0.29, 0.717) is 0 Å². The second kappa shape index (κ2) is 8.62. The molecule has 0 atom stereocenters. The Hall–Kier alpha value is 0.622. The number of nitrogens with zero attached hydrogens (tertiary/aromatic N) is 1. The van der Waals surface area contributed by atoms with Crippen LogP contribution in [0.2, 0.25) is 0 Å². The smallest absolute Gasteiger partial charge is 1.00 e.